The summed E-state index contributed by atoms with van der Waals surface area (Å²) in [5.41, 5.74) is 6.03. The number of aliphatic carboxylic acids is 1. The number of carbonyl (C=O) groups excluding carboxylic acids is 4. The minimum absolute atomic E-state index is 0. The molecule has 2 aliphatic heterocycles. The van der Waals surface area contributed by atoms with Crippen LogP contribution in [0, 0.1) is 0 Å². The Labute approximate surface area is 227 Å². The number of carboxylic acid groups (broad SMARTS) is 1. The zero-order chi connectivity index (χ0) is 26.9. The van der Waals surface area contributed by atoms with Crippen LogP contribution in [-0.4, -0.2) is 88.1 Å². The first-order valence-electron chi connectivity index (χ1n) is 12.5. The van der Waals surface area contributed by atoms with Gasteiger partial charge in [-0.3, -0.25) is 19.2 Å². The van der Waals surface area contributed by atoms with Gasteiger partial charge in [-0.1, -0.05) is 36.8 Å². The van der Waals surface area contributed by atoms with Gasteiger partial charge in [0.1, 0.15) is 12.1 Å². The van der Waals surface area contributed by atoms with E-state index in [1.807, 2.05) is 0 Å². The molecule has 7 N–H and O–H groups in total. The molecule has 1 aromatic rings. The van der Waals surface area contributed by atoms with Crippen molar-refractivity contribution < 1.29 is 34.2 Å². The number of nitrogens with one attached hydrogen (secondary N) is 3. The van der Waals surface area contributed by atoms with Crippen molar-refractivity contribution in [2.75, 3.05) is 13.1 Å². The van der Waals surface area contributed by atoms with E-state index >= 15 is 0 Å². The van der Waals surface area contributed by atoms with E-state index in [9.17, 15) is 34.2 Å². The lowest BCUT2D eigenvalue weighted by molar-refractivity contribution is -0.153. The number of likely N-dealkylation sites (tertiary alicyclic amines) is 1. The lowest BCUT2D eigenvalue weighted by Gasteiger charge is -2.31. The number of rotatable bonds is 11. The molecule has 0 saturated carbocycles. The smallest absolute Gasteiger partial charge is 0.326 e. The number of halogens is 1. The summed E-state index contributed by atoms with van der Waals surface area (Å²) in [4.78, 5) is 63.4. The highest BCUT2D eigenvalue weighted by molar-refractivity contribution is 5.94. The number of amides is 4. The minimum Gasteiger partial charge on any atom is -0.480 e. The maximum atomic E-state index is 13.2. The summed E-state index contributed by atoms with van der Waals surface area (Å²) in [5, 5.41) is 28.7. The lowest BCUT2D eigenvalue weighted by Crippen LogP contribution is -2.59. The number of aliphatic hydroxyl groups excluding tert-OH is 1. The summed E-state index contributed by atoms with van der Waals surface area (Å²) < 4.78 is 0. The second-order valence-corrected chi connectivity index (χ2v) is 9.51. The van der Waals surface area contributed by atoms with E-state index in [-0.39, 0.29) is 31.8 Å². The Morgan fingerprint density at radius 2 is 1.76 bits per heavy atom. The highest BCUT2D eigenvalue weighted by Gasteiger charge is 2.40. The van der Waals surface area contributed by atoms with E-state index in [1.165, 1.54) is 0 Å². The summed E-state index contributed by atoms with van der Waals surface area (Å²) in [7, 11) is 0. The third kappa shape index (κ3) is 8.40. The molecule has 0 spiro atoms. The number of hydrogen-bond acceptors (Lipinski definition) is 7. The molecule has 4 amide bonds. The number of carbonyl (C=O) groups is 5. The van der Waals surface area contributed by atoms with Crippen molar-refractivity contribution in [3.8, 4) is 0 Å². The molecule has 210 valence electrons. The third-order valence-electron chi connectivity index (χ3n) is 6.75. The number of benzene rings is 1. The molecule has 12 nitrogen and oxygen atoms in total. The molecule has 38 heavy (non-hydrogen) atoms. The zero-order valence-electron chi connectivity index (χ0n) is 21.0. The maximum absolute atomic E-state index is 13.2. The van der Waals surface area contributed by atoms with Crippen LogP contribution >= 0.6 is 12.4 Å². The van der Waals surface area contributed by atoms with Gasteiger partial charge in [0.15, 0.2) is 6.10 Å². The third-order valence-corrected chi connectivity index (χ3v) is 6.75. The molecule has 2 aliphatic rings. The van der Waals surface area contributed by atoms with Crippen molar-refractivity contribution in [1.82, 2.24) is 20.9 Å². The van der Waals surface area contributed by atoms with Gasteiger partial charge in [0.05, 0.1) is 18.5 Å². The zero-order valence-corrected chi connectivity index (χ0v) is 21.8. The molecule has 0 radical (unpaired) electrons. The van der Waals surface area contributed by atoms with E-state index in [1.54, 1.807) is 30.3 Å². The molecular weight excluding hydrogens is 518 g/mol. The summed E-state index contributed by atoms with van der Waals surface area (Å²) in [6.45, 7) is 0.833. The Hall–Kier alpha value is -3.22. The molecular formula is C25H36ClN5O7. The second kappa shape index (κ2) is 14.6. The molecule has 0 bridgehead atoms. The number of aliphatic hydroxyl groups is 1. The molecule has 0 aromatic heterocycles. The Kier molecular flexibility index (Phi) is 11.9. The van der Waals surface area contributed by atoms with Gasteiger partial charge in [-0.05, 0) is 44.2 Å². The normalized spacial score (nSPS) is 21.3. The quantitative estimate of drug-likeness (QED) is 0.202. The van der Waals surface area contributed by atoms with Crippen molar-refractivity contribution in [3.63, 3.8) is 0 Å². The van der Waals surface area contributed by atoms with E-state index < -0.39 is 66.3 Å². The van der Waals surface area contributed by atoms with Crippen LogP contribution in [0.15, 0.2) is 30.3 Å². The van der Waals surface area contributed by atoms with Gasteiger partial charge in [0.25, 0.3) is 5.91 Å². The van der Waals surface area contributed by atoms with Crippen LogP contribution in [0.5, 0.6) is 0 Å². The van der Waals surface area contributed by atoms with Crippen molar-refractivity contribution >= 4 is 42.0 Å². The highest BCUT2D eigenvalue weighted by atomic mass is 35.5. The molecule has 3 rings (SSSR count). The van der Waals surface area contributed by atoms with E-state index in [2.05, 4.69) is 16.0 Å². The predicted molar refractivity (Wildman–Crippen MR) is 139 cm³/mol. The molecule has 2 heterocycles. The van der Waals surface area contributed by atoms with Crippen LogP contribution < -0.4 is 21.7 Å². The van der Waals surface area contributed by atoms with Gasteiger partial charge in [0, 0.05) is 6.54 Å². The molecule has 2 fully saturated rings. The minimum atomic E-state index is -1.76. The average Bonchev–Trinajstić information content (AvgIpc) is 3.38. The molecule has 13 heteroatoms. The maximum Gasteiger partial charge on any atom is 0.326 e. The number of nitrogens with zero attached hydrogens (tertiary/aromatic N) is 1. The van der Waals surface area contributed by atoms with Gasteiger partial charge in [0.2, 0.25) is 17.7 Å². The fraction of sp³-hybridized carbons (Fsp3) is 0.560. The molecule has 2 saturated heterocycles. The number of nitrogens with two attached hydrogens (primary N) is 1. The van der Waals surface area contributed by atoms with Crippen LogP contribution in [0.4, 0.5) is 0 Å². The van der Waals surface area contributed by atoms with Gasteiger partial charge in [-0.25, -0.2) is 4.79 Å². The first-order valence-corrected chi connectivity index (χ1v) is 12.5. The van der Waals surface area contributed by atoms with E-state index in [0.29, 0.717) is 24.9 Å². The second-order valence-electron chi connectivity index (χ2n) is 9.51. The monoisotopic (exact) mass is 553 g/mol. The van der Waals surface area contributed by atoms with Crippen LogP contribution in [0.3, 0.4) is 0 Å². The van der Waals surface area contributed by atoms with Crippen LogP contribution in [-0.2, 0) is 30.4 Å². The SMILES string of the molecule is Cl.NC(=O)C[C@H](NC(=O)[C@@H]1CCCCN1)C(=O)N[C@@H](Cc1ccccc1)C(O)C(=O)N1CCC[C@H]1C(=O)O. The largest absolute Gasteiger partial charge is 0.480 e. The van der Waals surface area contributed by atoms with Crippen molar-refractivity contribution in [1.29, 1.82) is 0 Å². The fourth-order valence-electron chi connectivity index (χ4n) is 4.78. The number of hydrogen-bond donors (Lipinski definition) is 6. The van der Waals surface area contributed by atoms with E-state index in [0.717, 1.165) is 17.7 Å². The molecule has 5 atom stereocenters. The summed E-state index contributed by atoms with van der Waals surface area (Å²) in [6, 6.07) is 4.79. The van der Waals surface area contributed by atoms with Crippen LogP contribution in [0.1, 0.15) is 44.1 Å². The lowest BCUT2D eigenvalue weighted by atomic mass is 9.99. The standard InChI is InChI=1S/C25H35N5O7.ClH/c26-20(31)14-18(29-22(33)16-9-4-5-11-27-16)23(34)28-17(13-15-7-2-1-3-8-15)21(32)24(35)30-12-6-10-19(30)25(36)37;/h1-3,7-8,16-19,21,27,32H,4-6,9-14H2,(H2,26,31)(H,28,34)(H,29,33)(H,36,37);1H/t16-,17-,18-,19-,21?;/m0./s1. The average molecular weight is 554 g/mol. The van der Waals surface area contributed by atoms with Crippen molar-refractivity contribution in [3.05, 3.63) is 35.9 Å². The Morgan fingerprint density at radius 1 is 1.05 bits per heavy atom. The summed E-state index contributed by atoms with van der Waals surface area (Å²) in [6.07, 6.45) is 0.932. The van der Waals surface area contributed by atoms with Gasteiger partial charge < -0.3 is 36.8 Å². The first kappa shape index (κ1) is 31.0. The van der Waals surface area contributed by atoms with Crippen LogP contribution in [0.25, 0.3) is 0 Å². The Balaban J connectivity index is 0.00000507. The number of piperidine rings is 1. The Morgan fingerprint density at radius 3 is 2.37 bits per heavy atom. The predicted octanol–water partition coefficient (Wildman–Crippen LogP) is -0.925. The van der Waals surface area contributed by atoms with Crippen molar-refractivity contribution in [2.24, 2.45) is 5.73 Å². The van der Waals surface area contributed by atoms with Crippen molar-refractivity contribution in [2.45, 2.75) is 75.2 Å². The molecule has 1 unspecified atom stereocenters. The van der Waals surface area contributed by atoms with Gasteiger partial charge in [-0.15, -0.1) is 12.4 Å². The molecule has 1 aromatic carbocycles. The number of carboxylic acids is 1. The summed E-state index contributed by atoms with van der Waals surface area (Å²) in [5.74, 6) is -4.02. The van der Waals surface area contributed by atoms with Gasteiger partial charge >= 0.3 is 5.97 Å². The fourth-order valence-corrected chi connectivity index (χ4v) is 4.78. The topological polar surface area (TPSA) is 191 Å². The first-order chi connectivity index (χ1) is 17.7. The van der Waals surface area contributed by atoms with E-state index in [4.69, 9.17) is 5.73 Å². The number of primary amides is 1. The highest BCUT2D eigenvalue weighted by Crippen LogP contribution is 2.20. The summed E-state index contributed by atoms with van der Waals surface area (Å²) >= 11 is 0. The van der Waals surface area contributed by atoms with Crippen LogP contribution in [0.2, 0.25) is 0 Å². The molecule has 0 aliphatic carbocycles. The van der Waals surface area contributed by atoms with Gasteiger partial charge in [-0.2, -0.15) is 0 Å². The Bertz CT molecular complexity index is 990.